The summed E-state index contributed by atoms with van der Waals surface area (Å²) in [6.45, 7) is 4.69. The second kappa shape index (κ2) is 8.31. The summed E-state index contributed by atoms with van der Waals surface area (Å²) in [6.07, 6.45) is 11.6. The van der Waals surface area contributed by atoms with Crippen LogP contribution in [0, 0.1) is 12.8 Å². The van der Waals surface area contributed by atoms with E-state index in [1.54, 1.807) is 0 Å². The predicted octanol–water partition coefficient (Wildman–Crippen LogP) is 3.67. The molecule has 0 unspecified atom stereocenters. The number of hydrogen-bond acceptors (Lipinski definition) is 7. The van der Waals surface area contributed by atoms with Crippen LogP contribution < -0.4 is 10.6 Å². The van der Waals surface area contributed by atoms with Gasteiger partial charge < -0.3 is 20.3 Å². The van der Waals surface area contributed by atoms with Gasteiger partial charge in [-0.25, -0.2) is 9.97 Å². The molecule has 2 aliphatic carbocycles. The number of carbonyl (C=O) groups is 2. The number of Topliss-reactive ketones (excluding diaryl/α,β-unsaturated/α-hetero) is 1. The van der Waals surface area contributed by atoms with Crippen molar-refractivity contribution in [2.75, 3.05) is 24.0 Å². The number of carbonyl (C=O) groups excluding carboxylic acids is 2. The van der Waals surface area contributed by atoms with Crippen molar-refractivity contribution in [1.82, 2.24) is 14.9 Å². The topological polar surface area (TPSA) is 96.4 Å². The zero-order chi connectivity index (χ0) is 22.3. The molecule has 2 N–H and O–H groups in total. The number of ketones is 1. The third-order valence-corrected chi connectivity index (χ3v) is 7.18. The van der Waals surface area contributed by atoms with Gasteiger partial charge in [-0.3, -0.25) is 9.59 Å². The maximum absolute atomic E-state index is 13.0. The number of nitrogens with one attached hydrogen (secondary N) is 2. The zero-order valence-corrected chi connectivity index (χ0v) is 18.9. The average molecular weight is 438 g/mol. The highest BCUT2D eigenvalue weighted by molar-refractivity contribution is 5.99. The lowest BCUT2D eigenvalue weighted by Crippen LogP contribution is -2.46. The van der Waals surface area contributed by atoms with Gasteiger partial charge in [-0.2, -0.15) is 0 Å². The first-order valence-corrected chi connectivity index (χ1v) is 11.7. The number of ether oxygens (including phenoxy) is 1. The van der Waals surface area contributed by atoms with E-state index in [2.05, 4.69) is 25.5 Å². The van der Waals surface area contributed by atoms with Crippen LogP contribution in [0.15, 0.2) is 29.4 Å². The molecule has 3 heterocycles. The van der Waals surface area contributed by atoms with Gasteiger partial charge >= 0.3 is 0 Å². The fourth-order valence-corrected chi connectivity index (χ4v) is 5.27. The molecule has 0 bridgehead atoms. The minimum atomic E-state index is -0.0669. The summed E-state index contributed by atoms with van der Waals surface area (Å²) >= 11 is 0. The summed E-state index contributed by atoms with van der Waals surface area (Å²) in [5.41, 5.74) is 3.28. The number of fused-ring (bicyclic) bond motifs is 2. The summed E-state index contributed by atoms with van der Waals surface area (Å²) in [7, 11) is 0. The Balaban J connectivity index is 1.39. The summed E-state index contributed by atoms with van der Waals surface area (Å²) < 4.78 is 6.07. The Morgan fingerprint density at radius 2 is 1.91 bits per heavy atom. The second-order valence-electron chi connectivity index (χ2n) is 9.58. The Bertz CT molecular complexity index is 1000. The van der Waals surface area contributed by atoms with Crippen LogP contribution in [0.2, 0.25) is 0 Å². The van der Waals surface area contributed by atoms with Crippen LogP contribution in [-0.4, -0.2) is 45.4 Å². The van der Waals surface area contributed by atoms with Crippen LogP contribution in [0.4, 0.5) is 11.6 Å². The van der Waals surface area contributed by atoms with E-state index in [1.165, 1.54) is 25.6 Å². The smallest absolute Gasteiger partial charge is 0.228 e. The van der Waals surface area contributed by atoms with Crippen molar-refractivity contribution in [1.29, 1.82) is 0 Å². The van der Waals surface area contributed by atoms with Gasteiger partial charge in [0.2, 0.25) is 5.91 Å². The van der Waals surface area contributed by atoms with E-state index in [9.17, 15) is 9.59 Å². The van der Waals surface area contributed by atoms with Crippen LogP contribution >= 0.6 is 0 Å². The van der Waals surface area contributed by atoms with Gasteiger partial charge in [0.15, 0.2) is 5.78 Å². The Hall–Kier alpha value is -2.74. The maximum Gasteiger partial charge on any atom is 0.228 e. The molecular weight excluding hydrogens is 406 g/mol. The molecule has 2 aliphatic heterocycles. The summed E-state index contributed by atoms with van der Waals surface area (Å²) in [6, 6.07) is 0. The first-order valence-electron chi connectivity index (χ1n) is 11.7. The van der Waals surface area contributed by atoms with Gasteiger partial charge in [-0.05, 0) is 51.2 Å². The normalized spacial score (nSPS) is 22.9. The molecule has 1 spiro atoms. The average Bonchev–Trinajstić information content (AvgIpc) is 3.57. The van der Waals surface area contributed by atoms with Crippen LogP contribution in [0.5, 0.6) is 0 Å². The Morgan fingerprint density at radius 1 is 1.16 bits per heavy atom. The highest BCUT2D eigenvalue weighted by Gasteiger charge is 2.48. The lowest BCUT2D eigenvalue weighted by Gasteiger charge is -2.42. The number of aromatic nitrogens is 2. The summed E-state index contributed by atoms with van der Waals surface area (Å²) in [5, 5.41) is 6.25. The fourth-order valence-electron chi connectivity index (χ4n) is 5.27. The van der Waals surface area contributed by atoms with Crippen molar-refractivity contribution in [3.63, 3.8) is 0 Å². The molecule has 2 saturated carbocycles. The summed E-state index contributed by atoms with van der Waals surface area (Å²) in [5.74, 6) is 1.49. The highest BCUT2D eigenvalue weighted by Crippen LogP contribution is 2.45. The third-order valence-electron chi connectivity index (χ3n) is 7.18. The molecule has 1 saturated heterocycles. The first kappa shape index (κ1) is 21.1. The van der Waals surface area contributed by atoms with E-state index in [0.29, 0.717) is 31.4 Å². The molecule has 170 valence electrons. The van der Waals surface area contributed by atoms with Gasteiger partial charge in [-0.15, -0.1) is 0 Å². The molecule has 1 aromatic rings. The van der Waals surface area contributed by atoms with E-state index in [1.807, 2.05) is 19.9 Å². The molecule has 3 fully saturated rings. The van der Waals surface area contributed by atoms with Crippen LogP contribution in [-0.2, 0) is 14.3 Å². The lowest BCUT2D eigenvalue weighted by atomic mass is 9.80. The highest BCUT2D eigenvalue weighted by atomic mass is 16.5. The van der Waals surface area contributed by atoms with Gasteiger partial charge in [0.25, 0.3) is 0 Å². The molecule has 0 atom stereocenters. The Morgan fingerprint density at radius 3 is 2.66 bits per heavy atom. The monoisotopic (exact) mass is 437 g/mol. The SMILES string of the molecule is CC1=C2C(=O)CC3(CCCCC3)N2COCC(Nc2ncnc(NC(=O)C3CC3)c2C)=C1. The van der Waals surface area contributed by atoms with E-state index in [-0.39, 0.29) is 23.1 Å². The minimum Gasteiger partial charge on any atom is -0.355 e. The molecule has 1 aromatic heterocycles. The van der Waals surface area contributed by atoms with Gasteiger partial charge in [-0.1, -0.05) is 19.3 Å². The maximum atomic E-state index is 13.0. The van der Waals surface area contributed by atoms with E-state index in [4.69, 9.17) is 4.74 Å². The Kier molecular flexibility index (Phi) is 5.49. The van der Waals surface area contributed by atoms with Crippen molar-refractivity contribution in [3.8, 4) is 0 Å². The number of anilines is 2. The van der Waals surface area contributed by atoms with Crippen molar-refractivity contribution in [2.24, 2.45) is 5.92 Å². The lowest BCUT2D eigenvalue weighted by molar-refractivity contribution is -0.117. The van der Waals surface area contributed by atoms with Crippen molar-refractivity contribution in [3.05, 3.63) is 34.9 Å². The largest absolute Gasteiger partial charge is 0.355 e. The predicted molar refractivity (Wildman–Crippen MR) is 121 cm³/mol. The first-order chi connectivity index (χ1) is 15.5. The number of hydrogen-bond donors (Lipinski definition) is 2. The second-order valence-corrected chi connectivity index (χ2v) is 9.58. The van der Waals surface area contributed by atoms with Crippen molar-refractivity contribution < 1.29 is 14.3 Å². The van der Waals surface area contributed by atoms with Crippen LogP contribution in [0.1, 0.15) is 63.9 Å². The molecule has 0 aromatic carbocycles. The van der Waals surface area contributed by atoms with Crippen molar-refractivity contribution >= 4 is 23.3 Å². The van der Waals surface area contributed by atoms with Gasteiger partial charge in [0, 0.05) is 29.1 Å². The Labute approximate surface area is 188 Å². The summed E-state index contributed by atoms with van der Waals surface area (Å²) in [4.78, 5) is 36.0. The zero-order valence-electron chi connectivity index (χ0n) is 18.9. The molecule has 5 rings (SSSR count). The van der Waals surface area contributed by atoms with E-state index >= 15 is 0 Å². The fraction of sp³-hybridized carbons (Fsp3) is 0.583. The van der Waals surface area contributed by atoms with Crippen LogP contribution in [0.25, 0.3) is 0 Å². The number of nitrogens with zero attached hydrogens (tertiary/aromatic N) is 3. The molecule has 1 amide bonds. The van der Waals surface area contributed by atoms with E-state index < -0.39 is 0 Å². The molecular formula is C24H31N5O3. The molecule has 8 nitrogen and oxygen atoms in total. The van der Waals surface area contributed by atoms with Crippen molar-refractivity contribution in [2.45, 2.75) is 70.8 Å². The molecule has 32 heavy (non-hydrogen) atoms. The molecule has 4 aliphatic rings. The van der Waals surface area contributed by atoms with Gasteiger partial charge in [0.1, 0.15) is 24.7 Å². The third kappa shape index (κ3) is 3.92. The number of amides is 1. The molecule has 8 heteroatoms. The number of rotatable bonds is 4. The standard InChI is InChI=1S/C24H31N5O3/c1-15-10-18(27-21-16(2)22(26-13-25-21)28-23(31)17-6-7-17)12-32-14-29-20(15)19(30)11-24(29)8-4-3-5-9-24/h10,13,17H,3-9,11-12,14H2,1-2H3,(H2,25,26,27,28,31). The molecule has 0 radical (unpaired) electrons. The minimum absolute atomic E-state index is 0.0170. The number of allylic oxidation sites excluding steroid dienone is 3. The van der Waals surface area contributed by atoms with E-state index in [0.717, 1.165) is 48.2 Å². The quantitative estimate of drug-likeness (QED) is 0.742. The van der Waals surface area contributed by atoms with Crippen LogP contribution in [0.3, 0.4) is 0 Å². The van der Waals surface area contributed by atoms with Gasteiger partial charge in [0.05, 0.1) is 12.3 Å².